The summed E-state index contributed by atoms with van der Waals surface area (Å²) in [6.07, 6.45) is 5.58. The van der Waals surface area contributed by atoms with Crippen molar-refractivity contribution < 1.29 is 13.9 Å². The van der Waals surface area contributed by atoms with Crippen LogP contribution in [0.4, 0.5) is 0 Å². The maximum absolute atomic E-state index is 12.4. The fourth-order valence-corrected chi connectivity index (χ4v) is 5.19. The molecule has 2 aliphatic carbocycles. The summed E-state index contributed by atoms with van der Waals surface area (Å²) >= 11 is 0. The van der Waals surface area contributed by atoms with Gasteiger partial charge in [0.1, 0.15) is 12.2 Å². The van der Waals surface area contributed by atoms with Gasteiger partial charge in [-0.1, -0.05) is 20.3 Å². The molecule has 0 N–H and O–H groups in total. The minimum absolute atomic E-state index is 0.127. The first-order valence-corrected chi connectivity index (χ1v) is 10.1. The van der Waals surface area contributed by atoms with Gasteiger partial charge in [-0.2, -0.15) is 0 Å². The number of fused-ring (bicyclic) bond motifs is 3. The minimum atomic E-state index is -0.404. The molecule has 2 fully saturated rings. The molecule has 4 heteroatoms. The molecule has 2 bridgehead atoms. The highest BCUT2D eigenvalue weighted by atomic mass is 16.5. The number of benzene rings is 1. The summed E-state index contributed by atoms with van der Waals surface area (Å²) in [5.74, 6) is 2.25. The highest BCUT2D eigenvalue weighted by Gasteiger charge is 2.40. The van der Waals surface area contributed by atoms with Gasteiger partial charge in [0.05, 0.1) is 0 Å². The van der Waals surface area contributed by atoms with E-state index in [1.807, 2.05) is 13.0 Å². The van der Waals surface area contributed by atoms with Gasteiger partial charge in [0, 0.05) is 23.4 Å². The highest BCUT2D eigenvalue weighted by Crippen LogP contribution is 2.49. The fraction of sp³-hybridized carbons (Fsp3) is 0.565. The van der Waals surface area contributed by atoms with Gasteiger partial charge in [0.25, 0.3) is 0 Å². The highest BCUT2D eigenvalue weighted by molar-refractivity contribution is 5.82. The van der Waals surface area contributed by atoms with Crippen molar-refractivity contribution >= 4 is 16.9 Å². The summed E-state index contributed by atoms with van der Waals surface area (Å²) < 4.78 is 10.9. The zero-order valence-electron chi connectivity index (χ0n) is 16.4. The third kappa shape index (κ3) is 3.67. The molecule has 144 valence electrons. The third-order valence-electron chi connectivity index (χ3n) is 6.54. The number of esters is 1. The van der Waals surface area contributed by atoms with Crippen LogP contribution in [0.2, 0.25) is 0 Å². The van der Waals surface area contributed by atoms with Gasteiger partial charge in [-0.05, 0) is 73.1 Å². The average molecular weight is 368 g/mol. The van der Waals surface area contributed by atoms with Crippen LogP contribution in [0.3, 0.4) is 0 Å². The van der Waals surface area contributed by atoms with Crippen LogP contribution in [0.1, 0.15) is 68.6 Å². The molecule has 0 spiro atoms. The van der Waals surface area contributed by atoms with E-state index in [9.17, 15) is 9.59 Å². The second-order valence-electron chi connectivity index (χ2n) is 8.75. The van der Waals surface area contributed by atoms with E-state index in [1.54, 1.807) is 0 Å². The van der Waals surface area contributed by atoms with Crippen LogP contribution in [-0.2, 0) is 16.1 Å². The molecule has 0 amide bonds. The summed E-state index contributed by atoms with van der Waals surface area (Å²) in [6.45, 7) is 6.43. The predicted octanol–water partition coefficient (Wildman–Crippen LogP) is 5.09. The van der Waals surface area contributed by atoms with Crippen LogP contribution < -0.4 is 5.63 Å². The Morgan fingerprint density at radius 2 is 2.04 bits per heavy atom. The molecule has 0 unspecified atom stereocenters. The summed E-state index contributed by atoms with van der Waals surface area (Å²) in [5, 5.41) is 0.858. The smallest absolute Gasteiger partial charge is 0.336 e. The Morgan fingerprint density at radius 1 is 1.22 bits per heavy atom. The quantitative estimate of drug-likeness (QED) is 0.544. The van der Waals surface area contributed by atoms with Crippen molar-refractivity contribution in [2.45, 2.75) is 65.4 Å². The Hall–Kier alpha value is -2.10. The minimum Gasteiger partial charge on any atom is -0.461 e. The van der Waals surface area contributed by atoms with Crippen LogP contribution in [0.15, 0.2) is 27.4 Å². The lowest BCUT2D eigenvalue weighted by atomic mass is 9.86. The van der Waals surface area contributed by atoms with E-state index >= 15 is 0 Å². The first kappa shape index (κ1) is 18.3. The molecular formula is C23H28O4. The molecule has 1 heterocycles. The van der Waals surface area contributed by atoms with Gasteiger partial charge < -0.3 is 9.15 Å². The van der Waals surface area contributed by atoms with Crippen LogP contribution in [0.25, 0.3) is 11.0 Å². The molecule has 0 saturated heterocycles. The van der Waals surface area contributed by atoms with Crippen LogP contribution in [-0.4, -0.2) is 5.97 Å². The second-order valence-corrected chi connectivity index (χ2v) is 8.75. The van der Waals surface area contributed by atoms with E-state index in [2.05, 4.69) is 19.9 Å². The Morgan fingerprint density at radius 3 is 2.70 bits per heavy atom. The Kier molecular flexibility index (Phi) is 4.83. The fourth-order valence-electron chi connectivity index (χ4n) is 5.19. The average Bonchev–Trinajstić information content (AvgIpc) is 3.21. The van der Waals surface area contributed by atoms with Gasteiger partial charge in [-0.3, -0.25) is 4.79 Å². The van der Waals surface area contributed by atoms with Crippen molar-refractivity contribution in [2.75, 3.05) is 0 Å². The van der Waals surface area contributed by atoms with E-state index in [1.165, 1.54) is 37.3 Å². The summed E-state index contributed by atoms with van der Waals surface area (Å²) in [7, 11) is 0. The molecule has 1 aromatic carbocycles. The number of hydrogen-bond acceptors (Lipinski definition) is 4. The van der Waals surface area contributed by atoms with E-state index in [-0.39, 0.29) is 12.6 Å². The monoisotopic (exact) mass is 368 g/mol. The Balaban J connectivity index is 1.51. The number of rotatable bonds is 5. The molecule has 0 radical (unpaired) electrons. The zero-order chi connectivity index (χ0) is 19.1. The largest absolute Gasteiger partial charge is 0.461 e. The van der Waals surface area contributed by atoms with Gasteiger partial charge in [-0.25, -0.2) is 4.79 Å². The Labute approximate surface area is 159 Å². The van der Waals surface area contributed by atoms with Crippen molar-refractivity contribution in [3.63, 3.8) is 0 Å². The van der Waals surface area contributed by atoms with Gasteiger partial charge in [-0.15, -0.1) is 0 Å². The lowest BCUT2D eigenvalue weighted by Gasteiger charge is -2.20. The third-order valence-corrected chi connectivity index (χ3v) is 6.54. The SMILES string of the molecule is Cc1cc2oc(=O)cc(COC(=O)C[C@H]3C[C@@H]4CC[C@@H]3C4)c2cc1C(C)C. The maximum atomic E-state index is 12.4. The molecular weight excluding hydrogens is 340 g/mol. The van der Waals surface area contributed by atoms with Gasteiger partial charge in [0.15, 0.2) is 0 Å². The molecule has 2 aliphatic rings. The number of carbonyl (C=O) groups is 1. The molecule has 2 aromatic rings. The molecule has 4 rings (SSSR count). The van der Waals surface area contributed by atoms with Crippen LogP contribution in [0.5, 0.6) is 0 Å². The first-order valence-electron chi connectivity index (χ1n) is 10.1. The van der Waals surface area contributed by atoms with Crippen LogP contribution >= 0.6 is 0 Å². The first-order chi connectivity index (χ1) is 12.9. The molecule has 3 atom stereocenters. The van der Waals surface area contributed by atoms with Crippen LogP contribution in [0, 0.1) is 24.7 Å². The normalized spacial score (nSPS) is 24.1. The van der Waals surface area contributed by atoms with Crippen molar-refractivity contribution in [3.05, 3.63) is 45.3 Å². The lowest BCUT2D eigenvalue weighted by molar-refractivity contribution is -0.146. The van der Waals surface area contributed by atoms with Gasteiger partial charge in [0.2, 0.25) is 0 Å². The van der Waals surface area contributed by atoms with E-state index in [4.69, 9.17) is 9.15 Å². The summed E-state index contributed by atoms with van der Waals surface area (Å²) in [5.41, 5.74) is 3.20. The second kappa shape index (κ2) is 7.14. The van der Waals surface area contributed by atoms with E-state index < -0.39 is 5.63 Å². The molecule has 1 aromatic heterocycles. The van der Waals surface area contributed by atoms with E-state index in [0.29, 0.717) is 29.8 Å². The number of hydrogen-bond donors (Lipinski definition) is 0. The molecule has 4 nitrogen and oxygen atoms in total. The van der Waals surface area contributed by atoms with Gasteiger partial charge >= 0.3 is 11.6 Å². The number of ether oxygens (including phenoxy) is 1. The number of aryl methyl sites for hydroxylation is 1. The predicted molar refractivity (Wildman–Crippen MR) is 105 cm³/mol. The lowest BCUT2D eigenvalue weighted by Crippen LogP contribution is -2.17. The number of carbonyl (C=O) groups excluding carboxylic acids is 1. The van der Waals surface area contributed by atoms with Crippen molar-refractivity contribution in [3.8, 4) is 0 Å². The summed E-state index contributed by atoms with van der Waals surface area (Å²) in [6, 6.07) is 5.43. The Bertz CT molecular complexity index is 924. The summed E-state index contributed by atoms with van der Waals surface area (Å²) in [4.78, 5) is 24.3. The zero-order valence-corrected chi connectivity index (χ0v) is 16.4. The van der Waals surface area contributed by atoms with E-state index in [0.717, 1.165) is 22.4 Å². The maximum Gasteiger partial charge on any atom is 0.336 e. The molecule has 27 heavy (non-hydrogen) atoms. The van der Waals surface area contributed by atoms with Crippen molar-refractivity contribution in [1.29, 1.82) is 0 Å². The standard InChI is InChI=1S/C23H28O4/c1-13(2)19-11-20-18(10-23(25)27-21(20)6-14(19)3)12-26-22(24)9-17-8-15-4-5-16(17)7-15/h6,10-11,13,15-17H,4-5,7-9,12H2,1-3H3/t15-,16-,17-/m1/s1. The topological polar surface area (TPSA) is 56.5 Å². The molecule has 0 aliphatic heterocycles. The molecule has 2 saturated carbocycles. The van der Waals surface area contributed by atoms with Crippen molar-refractivity contribution in [1.82, 2.24) is 0 Å². The van der Waals surface area contributed by atoms with Crippen molar-refractivity contribution in [2.24, 2.45) is 17.8 Å².